The Morgan fingerprint density at radius 3 is 2.53 bits per heavy atom. The summed E-state index contributed by atoms with van der Waals surface area (Å²) >= 11 is 0. The van der Waals surface area contributed by atoms with Crippen molar-refractivity contribution in [3.8, 4) is 0 Å². The number of aliphatic hydroxyl groups is 1. The van der Waals surface area contributed by atoms with Crippen molar-refractivity contribution in [1.29, 1.82) is 0 Å². The Bertz CT molecular complexity index is 254. The molecule has 4 heteroatoms. The van der Waals surface area contributed by atoms with Gasteiger partial charge in [0, 0.05) is 19.6 Å². The van der Waals surface area contributed by atoms with Gasteiger partial charge in [0.15, 0.2) is 0 Å². The zero-order valence-electron chi connectivity index (χ0n) is 10.5. The highest BCUT2D eigenvalue weighted by atomic mass is 16.3. The highest BCUT2D eigenvalue weighted by Crippen LogP contribution is 2.29. The summed E-state index contributed by atoms with van der Waals surface area (Å²) in [5, 5.41) is 15.5. The summed E-state index contributed by atoms with van der Waals surface area (Å²) in [4.78, 5) is 11.7. The van der Waals surface area contributed by atoms with E-state index in [9.17, 15) is 9.90 Å². The Balaban J connectivity index is 1.66. The van der Waals surface area contributed by atoms with Gasteiger partial charge in [-0.2, -0.15) is 0 Å². The molecule has 2 aliphatic rings. The van der Waals surface area contributed by atoms with Crippen molar-refractivity contribution >= 4 is 5.91 Å². The Kier molecular flexibility index (Phi) is 4.80. The number of carbonyl (C=O) groups is 1. The van der Waals surface area contributed by atoms with Crippen molar-refractivity contribution in [1.82, 2.24) is 10.6 Å². The normalized spacial score (nSPS) is 29.7. The first-order valence-electron chi connectivity index (χ1n) is 6.88. The van der Waals surface area contributed by atoms with Crippen LogP contribution >= 0.6 is 0 Å². The summed E-state index contributed by atoms with van der Waals surface area (Å²) < 4.78 is 0. The zero-order chi connectivity index (χ0) is 12.1. The molecule has 98 valence electrons. The van der Waals surface area contributed by atoms with Gasteiger partial charge in [-0.05, 0) is 43.7 Å². The van der Waals surface area contributed by atoms with Crippen LogP contribution in [0.2, 0.25) is 0 Å². The molecule has 0 aromatic heterocycles. The van der Waals surface area contributed by atoms with Crippen LogP contribution in [0.1, 0.15) is 32.1 Å². The smallest absolute Gasteiger partial charge is 0.220 e. The van der Waals surface area contributed by atoms with Gasteiger partial charge in [0.05, 0.1) is 0 Å². The van der Waals surface area contributed by atoms with Crippen molar-refractivity contribution in [3.63, 3.8) is 0 Å². The minimum atomic E-state index is 0.179. The molecule has 17 heavy (non-hydrogen) atoms. The fraction of sp³-hybridized carbons (Fsp3) is 0.923. The van der Waals surface area contributed by atoms with E-state index in [0.717, 1.165) is 32.5 Å². The third-order valence-corrected chi connectivity index (χ3v) is 4.20. The van der Waals surface area contributed by atoms with Gasteiger partial charge in [-0.1, -0.05) is 12.8 Å². The fourth-order valence-corrected chi connectivity index (χ4v) is 2.87. The van der Waals surface area contributed by atoms with E-state index in [0.29, 0.717) is 24.2 Å². The third kappa shape index (κ3) is 3.68. The number of hydrogen-bond donors (Lipinski definition) is 3. The van der Waals surface area contributed by atoms with E-state index in [1.54, 1.807) is 0 Å². The maximum Gasteiger partial charge on any atom is 0.220 e. The average molecular weight is 240 g/mol. The molecule has 1 amide bonds. The molecule has 0 radical (unpaired) electrons. The van der Waals surface area contributed by atoms with Crippen LogP contribution in [0.4, 0.5) is 0 Å². The van der Waals surface area contributed by atoms with Gasteiger partial charge in [-0.25, -0.2) is 0 Å². The van der Waals surface area contributed by atoms with E-state index in [-0.39, 0.29) is 12.5 Å². The molecule has 1 aliphatic carbocycles. The molecule has 2 atom stereocenters. The Morgan fingerprint density at radius 2 is 1.94 bits per heavy atom. The van der Waals surface area contributed by atoms with Gasteiger partial charge in [0.1, 0.15) is 0 Å². The molecule has 2 rings (SSSR count). The van der Waals surface area contributed by atoms with Crippen LogP contribution < -0.4 is 10.6 Å². The number of carbonyl (C=O) groups excluding carboxylic acids is 1. The largest absolute Gasteiger partial charge is 0.396 e. The van der Waals surface area contributed by atoms with Crippen molar-refractivity contribution < 1.29 is 9.90 Å². The van der Waals surface area contributed by atoms with Gasteiger partial charge in [0.2, 0.25) is 5.91 Å². The Morgan fingerprint density at radius 1 is 1.24 bits per heavy atom. The highest BCUT2D eigenvalue weighted by molar-refractivity contribution is 5.76. The second-order valence-electron chi connectivity index (χ2n) is 5.52. The van der Waals surface area contributed by atoms with Crippen molar-refractivity contribution in [2.75, 3.05) is 26.2 Å². The Hall–Kier alpha value is -0.610. The number of nitrogens with one attached hydrogen (secondary N) is 2. The lowest BCUT2D eigenvalue weighted by Gasteiger charge is -2.31. The quantitative estimate of drug-likeness (QED) is 0.656. The highest BCUT2D eigenvalue weighted by Gasteiger charge is 2.25. The molecule has 1 aliphatic heterocycles. The maximum absolute atomic E-state index is 11.7. The SMILES string of the molecule is O=C(CC1CNC1)NCC1CCCCC1CO. The lowest BCUT2D eigenvalue weighted by molar-refractivity contribution is -0.122. The van der Waals surface area contributed by atoms with Crippen LogP contribution in [-0.2, 0) is 4.79 Å². The first kappa shape index (κ1) is 12.8. The summed E-state index contributed by atoms with van der Waals surface area (Å²) in [6, 6.07) is 0. The second kappa shape index (κ2) is 6.36. The molecular formula is C13H24N2O2. The summed E-state index contributed by atoms with van der Waals surface area (Å²) in [6.07, 6.45) is 5.39. The molecule has 4 nitrogen and oxygen atoms in total. The minimum absolute atomic E-state index is 0.179. The van der Waals surface area contributed by atoms with Crippen LogP contribution in [0.15, 0.2) is 0 Å². The minimum Gasteiger partial charge on any atom is -0.396 e. The monoisotopic (exact) mass is 240 g/mol. The second-order valence-corrected chi connectivity index (χ2v) is 5.52. The van der Waals surface area contributed by atoms with Crippen LogP contribution in [-0.4, -0.2) is 37.3 Å². The molecule has 2 unspecified atom stereocenters. The van der Waals surface area contributed by atoms with Gasteiger partial charge >= 0.3 is 0 Å². The van der Waals surface area contributed by atoms with E-state index in [4.69, 9.17) is 0 Å². The van der Waals surface area contributed by atoms with E-state index in [1.165, 1.54) is 12.8 Å². The summed E-state index contributed by atoms with van der Waals surface area (Å²) in [5.74, 6) is 1.60. The summed E-state index contributed by atoms with van der Waals surface area (Å²) in [5.41, 5.74) is 0. The summed E-state index contributed by atoms with van der Waals surface area (Å²) in [6.45, 7) is 2.99. The van der Waals surface area contributed by atoms with E-state index in [1.807, 2.05) is 0 Å². The average Bonchev–Trinajstić information content (AvgIpc) is 2.31. The molecule has 0 spiro atoms. The number of amides is 1. The zero-order valence-corrected chi connectivity index (χ0v) is 10.5. The predicted molar refractivity (Wildman–Crippen MR) is 66.5 cm³/mol. The topological polar surface area (TPSA) is 61.4 Å². The predicted octanol–water partition coefficient (Wildman–Crippen LogP) is 0.511. The molecule has 1 heterocycles. The molecule has 1 saturated carbocycles. The number of hydrogen-bond acceptors (Lipinski definition) is 3. The molecular weight excluding hydrogens is 216 g/mol. The molecule has 0 bridgehead atoms. The first-order chi connectivity index (χ1) is 8.29. The molecule has 0 aromatic carbocycles. The van der Waals surface area contributed by atoms with E-state index < -0.39 is 0 Å². The van der Waals surface area contributed by atoms with Crippen LogP contribution in [0.3, 0.4) is 0 Å². The van der Waals surface area contributed by atoms with Crippen LogP contribution in [0.25, 0.3) is 0 Å². The van der Waals surface area contributed by atoms with Crippen molar-refractivity contribution in [2.24, 2.45) is 17.8 Å². The fourth-order valence-electron chi connectivity index (χ4n) is 2.87. The molecule has 1 saturated heterocycles. The van der Waals surface area contributed by atoms with Crippen LogP contribution in [0.5, 0.6) is 0 Å². The van der Waals surface area contributed by atoms with Crippen LogP contribution in [0, 0.1) is 17.8 Å². The molecule has 2 fully saturated rings. The lowest BCUT2D eigenvalue weighted by Crippen LogP contribution is -2.45. The number of aliphatic hydroxyl groups excluding tert-OH is 1. The Labute approximate surface area is 103 Å². The van der Waals surface area contributed by atoms with E-state index >= 15 is 0 Å². The molecule has 3 N–H and O–H groups in total. The van der Waals surface area contributed by atoms with Crippen molar-refractivity contribution in [2.45, 2.75) is 32.1 Å². The lowest BCUT2D eigenvalue weighted by atomic mass is 9.79. The van der Waals surface area contributed by atoms with Gasteiger partial charge in [-0.15, -0.1) is 0 Å². The first-order valence-corrected chi connectivity index (χ1v) is 6.88. The maximum atomic E-state index is 11.7. The third-order valence-electron chi connectivity index (χ3n) is 4.20. The van der Waals surface area contributed by atoms with Gasteiger partial charge in [-0.3, -0.25) is 4.79 Å². The summed E-state index contributed by atoms with van der Waals surface area (Å²) in [7, 11) is 0. The standard InChI is InChI=1S/C13H24N2O2/c16-9-12-4-2-1-3-11(12)8-15-13(17)5-10-6-14-7-10/h10-12,14,16H,1-9H2,(H,15,17). The van der Waals surface area contributed by atoms with Crippen molar-refractivity contribution in [3.05, 3.63) is 0 Å². The van der Waals surface area contributed by atoms with E-state index in [2.05, 4.69) is 10.6 Å². The number of rotatable bonds is 5. The van der Waals surface area contributed by atoms with Gasteiger partial charge in [0.25, 0.3) is 0 Å². The van der Waals surface area contributed by atoms with Gasteiger partial charge < -0.3 is 15.7 Å². The molecule has 0 aromatic rings.